The molecule has 0 aromatic heterocycles. The van der Waals surface area contributed by atoms with Crippen molar-refractivity contribution in [2.24, 2.45) is 0 Å². The van der Waals surface area contributed by atoms with E-state index in [4.69, 9.17) is 19.3 Å². The van der Waals surface area contributed by atoms with E-state index in [1.807, 2.05) is 20.8 Å². The van der Waals surface area contributed by atoms with Gasteiger partial charge in [0.05, 0.1) is 18.7 Å². The Hall–Kier alpha value is -2.28. The van der Waals surface area contributed by atoms with Gasteiger partial charge in [-0.1, -0.05) is 0 Å². The number of carboxylic acids is 1. The monoisotopic (exact) mass is 337 g/mol. The number of rotatable bonds is 4. The predicted molar refractivity (Wildman–Crippen MR) is 86.4 cm³/mol. The first-order valence-electron chi connectivity index (χ1n) is 7.80. The quantitative estimate of drug-likeness (QED) is 0.908. The second-order valence-corrected chi connectivity index (χ2v) is 6.56. The molecule has 2 rings (SSSR count). The smallest absolute Gasteiger partial charge is 0.410 e. The zero-order valence-corrected chi connectivity index (χ0v) is 14.2. The van der Waals surface area contributed by atoms with Crippen LogP contribution in [0.25, 0.3) is 0 Å². The van der Waals surface area contributed by atoms with Crippen LogP contribution in [-0.2, 0) is 9.47 Å². The summed E-state index contributed by atoms with van der Waals surface area (Å²) in [7, 11) is 0. The van der Waals surface area contributed by atoms with Crippen molar-refractivity contribution in [2.75, 3.05) is 26.3 Å². The fourth-order valence-electron chi connectivity index (χ4n) is 2.20. The van der Waals surface area contributed by atoms with Crippen LogP contribution in [0, 0.1) is 0 Å². The van der Waals surface area contributed by atoms with Gasteiger partial charge in [0.15, 0.2) is 0 Å². The minimum absolute atomic E-state index is 0.201. The van der Waals surface area contributed by atoms with Crippen LogP contribution in [0.15, 0.2) is 24.3 Å². The molecule has 1 amide bonds. The second-order valence-electron chi connectivity index (χ2n) is 6.56. The van der Waals surface area contributed by atoms with E-state index in [1.165, 1.54) is 12.1 Å². The number of hydrogen-bond acceptors (Lipinski definition) is 5. The first kappa shape index (κ1) is 18.1. The lowest BCUT2D eigenvalue weighted by Gasteiger charge is -2.34. The average Bonchev–Trinajstić information content (AvgIpc) is 2.52. The molecule has 1 N–H and O–H groups in total. The summed E-state index contributed by atoms with van der Waals surface area (Å²) in [6.07, 6.45) is -0.618. The number of carboxylic acid groups (broad SMARTS) is 1. The molecule has 0 bridgehead atoms. The first-order valence-corrected chi connectivity index (χ1v) is 7.80. The largest absolute Gasteiger partial charge is 0.491 e. The lowest BCUT2D eigenvalue weighted by Crippen LogP contribution is -2.49. The number of morpholine rings is 1. The molecule has 0 aliphatic carbocycles. The van der Waals surface area contributed by atoms with E-state index < -0.39 is 11.6 Å². The summed E-state index contributed by atoms with van der Waals surface area (Å²) in [5.74, 6) is -0.428. The van der Waals surface area contributed by atoms with Crippen molar-refractivity contribution in [3.63, 3.8) is 0 Å². The molecule has 7 heteroatoms. The molecule has 1 heterocycles. The van der Waals surface area contributed by atoms with Gasteiger partial charge in [0.1, 0.15) is 24.1 Å². The molecule has 1 aliphatic rings. The van der Waals surface area contributed by atoms with E-state index >= 15 is 0 Å². The maximum atomic E-state index is 12.1. The zero-order chi connectivity index (χ0) is 17.7. The predicted octanol–water partition coefficient (Wildman–Crippen LogP) is 2.40. The molecule has 1 unspecified atom stereocenters. The summed E-state index contributed by atoms with van der Waals surface area (Å²) in [6, 6.07) is 6.15. The van der Waals surface area contributed by atoms with Crippen molar-refractivity contribution < 1.29 is 28.9 Å². The van der Waals surface area contributed by atoms with Crippen molar-refractivity contribution in [3.8, 4) is 5.75 Å². The van der Waals surface area contributed by atoms with E-state index in [1.54, 1.807) is 17.0 Å². The molecule has 1 aromatic carbocycles. The molecular weight excluding hydrogens is 314 g/mol. The van der Waals surface area contributed by atoms with Crippen molar-refractivity contribution in [2.45, 2.75) is 32.5 Å². The molecule has 1 aliphatic heterocycles. The van der Waals surface area contributed by atoms with Gasteiger partial charge in [0.2, 0.25) is 0 Å². The number of amides is 1. The van der Waals surface area contributed by atoms with Gasteiger partial charge in [-0.15, -0.1) is 0 Å². The fourth-order valence-corrected chi connectivity index (χ4v) is 2.20. The maximum Gasteiger partial charge on any atom is 0.410 e. The van der Waals surface area contributed by atoms with E-state index in [0.29, 0.717) is 25.4 Å². The van der Waals surface area contributed by atoms with Gasteiger partial charge >= 0.3 is 12.1 Å². The van der Waals surface area contributed by atoms with Gasteiger partial charge in [0, 0.05) is 6.54 Å². The number of aromatic carboxylic acids is 1. The van der Waals surface area contributed by atoms with E-state index in [0.717, 1.165) is 0 Å². The zero-order valence-electron chi connectivity index (χ0n) is 14.2. The normalized spacial score (nSPS) is 18.1. The van der Waals surface area contributed by atoms with Crippen LogP contribution in [0.4, 0.5) is 4.79 Å². The first-order chi connectivity index (χ1) is 11.2. The summed E-state index contributed by atoms with van der Waals surface area (Å²) in [6.45, 7) is 7.05. The topological polar surface area (TPSA) is 85.3 Å². The summed E-state index contributed by atoms with van der Waals surface area (Å²) in [4.78, 5) is 24.5. The van der Waals surface area contributed by atoms with Crippen molar-refractivity contribution in [1.29, 1.82) is 0 Å². The number of carbonyl (C=O) groups is 2. The van der Waals surface area contributed by atoms with Crippen molar-refractivity contribution in [3.05, 3.63) is 29.8 Å². The van der Waals surface area contributed by atoms with E-state index in [-0.39, 0.29) is 24.4 Å². The van der Waals surface area contributed by atoms with E-state index in [2.05, 4.69) is 0 Å². The SMILES string of the molecule is CC(C)(C)OC(=O)N1CCOC(COc2ccc(C(=O)O)cc2)C1. The lowest BCUT2D eigenvalue weighted by molar-refractivity contribution is -0.0557. The Bertz CT molecular complexity index is 578. The number of nitrogens with zero attached hydrogens (tertiary/aromatic N) is 1. The Balaban J connectivity index is 1.84. The van der Waals surface area contributed by atoms with Crippen LogP contribution in [0.2, 0.25) is 0 Å². The Morgan fingerprint density at radius 1 is 1.29 bits per heavy atom. The molecule has 1 saturated heterocycles. The van der Waals surface area contributed by atoms with Crippen molar-refractivity contribution in [1.82, 2.24) is 4.90 Å². The van der Waals surface area contributed by atoms with Crippen LogP contribution in [0.1, 0.15) is 31.1 Å². The Morgan fingerprint density at radius 2 is 1.96 bits per heavy atom. The summed E-state index contributed by atoms with van der Waals surface area (Å²) in [5.41, 5.74) is -0.333. The lowest BCUT2D eigenvalue weighted by atomic mass is 10.2. The number of carbonyl (C=O) groups excluding carboxylic acids is 1. The summed E-state index contributed by atoms with van der Waals surface area (Å²) >= 11 is 0. The summed E-state index contributed by atoms with van der Waals surface area (Å²) in [5, 5.41) is 8.86. The third-order valence-corrected chi connectivity index (χ3v) is 3.33. The molecule has 7 nitrogen and oxygen atoms in total. The Kier molecular flexibility index (Phi) is 5.66. The number of hydrogen-bond donors (Lipinski definition) is 1. The molecule has 1 fully saturated rings. The van der Waals surface area contributed by atoms with Gasteiger partial charge < -0.3 is 24.2 Å². The highest BCUT2D eigenvalue weighted by molar-refractivity contribution is 5.87. The van der Waals surface area contributed by atoms with Crippen LogP contribution in [0.5, 0.6) is 5.75 Å². The average molecular weight is 337 g/mol. The number of benzene rings is 1. The van der Waals surface area contributed by atoms with Crippen LogP contribution >= 0.6 is 0 Å². The third kappa shape index (κ3) is 5.42. The van der Waals surface area contributed by atoms with Gasteiger partial charge in [-0.3, -0.25) is 0 Å². The molecule has 0 saturated carbocycles. The number of ether oxygens (including phenoxy) is 3. The van der Waals surface area contributed by atoms with Crippen molar-refractivity contribution >= 4 is 12.1 Å². The molecular formula is C17H23NO6. The standard InChI is InChI=1S/C17H23NO6/c1-17(2,3)24-16(21)18-8-9-22-14(10-18)11-23-13-6-4-12(5-7-13)15(19)20/h4-7,14H,8-11H2,1-3H3,(H,19,20). The van der Waals surface area contributed by atoms with Gasteiger partial charge in [-0.05, 0) is 45.0 Å². The Labute approximate surface area is 141 Å². The van der Waals surface area contributed by atoms with Gasteiger partial charge in [-0.2, -0.15) is 0 Å². The highest BCUT2D eigenvalue weighted by Crippen LogP contribution is 2.16. The highest BCUT2D eigenvalue weighted by atomic mass is 16.6. The molecule has 0 spiro atoms. The van der Waals surface area contributed by atoms with Crippen LogP contribution in [0.3, 0.4) is 0 Å². The van der Waals surface area contributed by atoms with E-state index in [9.17, 15) is 9.59 Å². The highest BCUT2D eigenvalue weighted by Gasteiger charge is 2.28. The molecule has 132 valence electrons. The molecule has 1 aromatic rings. The third-order valence-electron chi connectivity index (χ3n) is 3.33. The minimum atomic E-state index is -0.981. The fraction of sp³-hybridized carbons (Fsp3) is 0.529. The molecule has 1 atom stereocenters. The van der Waals surface area contributed by atoms with Gasteiger partial charge in [-0.25, -0.2) is 9.59 Å². The van der Waals surface area contributed by atoms with Gasteiger partial charge in [0.25, 0.3) is 0 Å². The Morgan fingerprint density at radius 3 is 2.54 bits per heavy atom. The second kappa shape index (κ2) is 7.53. The molecule has 0 radical (unpaired) electrons. The molecule has 24 heavy (non-hydrogen) atoms. The minimum Gasteiger partial charge on any atom is -0.491 e. The van der Waals surface area contributed by atoms with Crippen LogP contribution < -0.4 is 4.74 Å². The maximum absolute atomic E-state index is 12.1. The summed E-state index contributed by atoms with van der Waals surface area (Å²) < 4.78 is 16.6. The van der Waals surface area contributed by atoms with Crippen LogP contribution in [-0.4, -0.2) is 60.1 Å².